The number of nitrogens with zero attached hydrogens (tertiary/aromatic N) is 2. The summed E-state index contributed by atoms with van der Waals surface area (Å²) < 4.78 is 0. The summed E-state index contributed by atoms with van der Waals surface area (Å²) in [6.07, 6.45) is 4.38. The molecule has 0 atom stereocenters. The molecule has 0 unspecified atom stereocenters. The van der Waals surface area contributed by atoms with Gasteiger partial charge < -0.3 is 5.32 Å². The standard InChI is InChI=1S/C33H28Cl3N3/c34-27-11-7-25(8-12-27)33(26-9-13-28(35)14-10-26,24-5-3-23(4-6-24)22-39-19-1-2-20-39)38-31-17-18-37-32-21-29(36)15-16-30(31)32/h3-18,21H,1-2,19-20,22H2,(H,37,38). The van der Waals surface area contributed by atoms with Crippen LogP contribution < -0.4 is 5.32 Å². The van der Waals surface area contributed by atoms with Crippen molar-refractivity contribution in [3.8, 4) is 0 Å². The average molecular weight is 573 g/mol. The van der Waals surface area contributed by atoms with Gasteiger partial charge in [0.2, 0.25) is 0 Å². The van der Waals surface area contributed by atoms with Crippen LogP contribution in [0.3, 0.4) is 0 Å². The first-order valence-corrected chi connectivity index (χ1v) is 14.3. The summed E-state index contributed by atoms with van der Waals surface area (Å²) in [5.41, 5.74) is 5.56. The molecule has 1 aromatic heterocycles. The number of fused-ring (bicyclic) bond motifs is 1. The first-order valence-electron chi connectivity index (χ1n) is 13.2. The zero-order valence-corrected chi connectivity index (χ0v) is 23.6. The number of nitrogens with one attached hydrogen (secondary N) is 1. The molecule has 2 heterocycles. The van der Waals surface area contributed by atoms with E-state index in [9.17, 15) is 0 Å². The van der Waals surface area contributed by atoms with Gasteiger partial charge >= 0.3 is 0 Å². The molecule has 3 nitrogen and oxygen atoms in total. The van der Waals surface area contributed by atoms with Crippen molar-refractivity contribution in [3.05, 3.63) is 141 Å². The normalized spacial score (nSPS) is 14.1. The quantitative estimate of drug-likeness (QED) is 0.197. The maximum Gasteiger partial charge on any atom is 0.114 e. The summed E-state index contributed by atoms with van der Waals surface area (Å²) in [5.74, 6) is 0. The minimum absolute atomic E-state index is 0.655. The molecule has 0 spiro atoms. The van der Waals surface area contributed by atoms with Crippen molar-refractivity contribution in [2.45, 2.75) is 24.9 Å². The van der Waals surface area contributed by atoms with Crippen LogP contribution in [0.5, 0.6) is 0 Å². The predicted octanol–water partition coefficient (Wildman–Crippen LogP) is 9.19. The molecule has 4 aromatic carbocycles. The molecule has 5 aromatic rings. The lowest BCUT2D eigenvalue weighted by atomic mass is 9.76. The topological polar surface area (TPSA) is 28.2 Å². The van der Waals surface area contributed by atoms with E-state index < -0.39 is 5.54 Å². The third-order valence-electron chi connectivity index (χ3n) is 7.57. The zero-order chi connectivity index (χ0) is 26.8. The van der Waals surface area contributed by atoms with E-state index in [0.717, 1.165) is 39.8 Å². The van der Waals surface area contributed by atoms with Gasteiger partial charge in [-0.2, -0.15) is 0 Å². The van der Waals surface area contributed by atoms with Crippen molar-refractivity contribution in [1.29, 1.82) is 0 Å². The molecular formula is C33H28Cl3N3. The van der Waals surface area contributed by atoms with Gasteiger partial charge in [-0.1, -0.05) is 83.3 Å². The average Bonchev–Trinajstić information content (AvgIpc) is 3.46. The Morgan fingerprint density at radius 2 is 1.21 bits per heavy atom. The number of benzene rings is 4. The predicted molar refractivity (Wildman–Crippen MR) is 164 cm³/mol. The first kappa shape index (κ1) is 26.2. The summed E-state index contributed by atoms with van der Waals surface area (Å²) in [6.45, 7) is 3.31. The fourth-order valence-electron chi connectivity index (χ4n) is 5.61. The van der Waals surface area contributed by atoms with Crippen molar-refractivity contribution >= 4 is 51.4 Å². The van der Waals surface area contributed by atoms with Gasteiger partial charge in [-0.05, 0) is 96.7 Å². The molecule has 1 N–H and O–H groups in total. The van der Waals surface area contributed by atoms with Crippen LogP contribution in [-0.4, -0.2) is 23.0 Å². The first-order chi connectivity index (χ1) is 19.0. The maximum atomic E-state index is 6.37. The number of hydrogen-bond donors (Lipinski definition) is 1. The summed E-state index contributed by atoms with van der Waals surface area (Å²) in [5, 5.41) is 6.97. The third kappa shape index (κ3) is 5.37. The highest BCUT2D eigenvalue weighted by atomic mass is 35.5. The SMILES string of the molecule is Clc1ccc(C(Nc2ccnc3cc(Cl)ccc23)(c2ccc(Cl)cc2)c2ccc(CN3CCCC3)cc2)cc1. The van der Waals surface area contributed by atoms with E-state index in [1.54, 1.807) is 0 Å². The summed E-state index contributed by atoms with van der Waals surface area (Å²) >= 11 is 19.0. The highest BCUT2D eigenvalue weighted by Gasteiger charge is 2.37. The largest absolute Gasteiger partial charge is 0.367 e. The summed E-state index contributed by atoms with van der Waals surface area (Å²) in [7, 11) is 0. The Balaban J connectivity index is 1.55. The Hall–Kier alpha value is -3.08. The Labute approximate surface area is 244 Å². The fourth-order valence-corrected chi connectivity index (χ4v) is 6.03. The molecule has 0 radical (unpaired) electrons. The van der Waals surface area contributed by atoms with Crippen molar-refractivity contribution in [2.24, 2.45) is 0 Å². The van der Waals surface area contributed by atoms with Crippen molar-refractivity contribution in [2.75, 3.05) is 18.4 Å². The molecule has 0 bridgehead atoms. The van der Waals surface area contributed by atoms with Crippen LogP contribution in [0.25, 0.3) is 10.9 Å². The number of aromatic nitrogens is 1. The lowest BCUT2D eigenvalue weighted by Gasteiger charge is -2.38. The van der Waals surface area contributed by atoms with Crippen molar-refractivity contribution in [1.82, 2.24) is 9.88 Å². The fraction of sp³-hybridized carbons (Fsp3) is 0.182. The van der Waals surface area contributed by atoms with Gasteiger partial charge in [0.05, 0.1) is 5.52 Å². The van der Waals surface area contributed by atoms with E-state index in [1.807, 2.05) is 54.7 Å². The van der Waals surface area contributed by atoms with Gasteiger partial charge in [0, 0.05) is 38.9 Å². The number of likely N-dealkylation sites (tertiary alicyclic amines) is 1. The summed E-state index contributed by atoms with van der Waals surface area (Å²) in [4.78, 5) is 7.09. The lowest BCUT2D eigenvalue weighted by Crippen LogP contribution is -2.38. The number of anilines is 1. The van der Waals surface area contributed by atoms with E-state index in [2.05, 4.69) is 63.7 Å². The smallest absolute Gasteiger partial charge is 0.114 e. The number of pyridine rings is 1. The van der Waals surface area contributed by atoms with Gasteiger partial charge in [-0.25, -0.2) is 0 Å². The molecule has 1 saturated heterocycles. The zero-order valence-electron chi connectivity index (χ0n) is 21.4. The molecular weight excluding hydrogens is 545 g/mol. The maximum absolute atomic E-state index is 6.37. The molecule has 0 aliphatic carbocycles. The second-order valence-corrected chi connectivity index (χ2v) is 11.4. The monoisotopic (exact) mass is 571 g/mol. The Morgan fingerprint density at radius 1 is 0.667 bits per heavy atom. The van der Waals surface area contributed by atoms with Crippen LogP contribution in [-0.2, 0) is 12.1 Å². The molecule has 0 amide bonds. The van der Waals surface area contributed by atoms with Gasteiger partial charge in [-0.15, -0.1) is 0 Å². The van der Waals surface area contributed by atoms with E-state index >= 15 is 0 Å². The van der Waals surface area contributed by atoms with E-state index in [0.29, 0.717) is 15.1 Å². The van der Waals surface area contributed by atoms with Crippen LogP contribution in [0.1, 0.15) is 35.1 Å². The van der Waals surface area contributed by atoms with Crippen LogP contribution in [0.2, 0.25) is 15.1 Å². The van der Waals surface area contributed by atoms with Crippen molar-refractivity contribution in [3.63, 3.8) is 0 Å². The number of hydrogen-bond acceptors (Lipinski definition) is 3. The van der Waals surface area contributed by atoms with E-state index in [1.165, 1.54) is 31.5 Å². The Bertz CT molecular complexity index is 1530. The Kier molecular flexibility index (Phi) is 7.51. The second-order valence-electron chi connectivity index (χ2n) is 10.1. The molecule has 196 valence electrons. The molecule has 1 aliphatic heterocycles. The van der Waals surface area contributed by atoms with Crippen LogP contribution >= 0.6 is 34.8 Å². The molecule has 1 aliphatic rings. The van der Waals surface area contributed by atoms with Gasteiger partial charge in [0.1, 0.15) is 5.54 Å². The highest BCUT2D eigenvalue weighted by molar-refractivity contribution is 6.31. The lowest BCUT2D eigenvalue weighted by molar-refractivity contribution is 0.331. The van der Waals surface area contributed by atoms with Gasteiger partial charge in [-0.3, -0.25) is 9.88 Å². The summed E-state index contributed by atoms with van der Waals surface area (Å²) in [6, 6.07) is 32.9. The molecule has 6 heteroatoms. The number of halogens is 3. The van der Waals surface area contributed by atoms with Crippen LogP contribution in [0.4, 0.5) is 5.69 Å². The van der Waals surface area contributed by atoms with Crippen LogP contribution in [0, 0.1) is 0 Å². The molecule has 1 fully saturated rings. The van der Waals surface area contributed by atoms with E-state index in [4.69, 9.17) is 34.8 Å². The third-order valence-corrected chi connectivity index (χ3v) is 8.31. The minimum atomic E-state index is -0.741. The van der Waals surface area contributed by atoms with Gasteiger partial charge in [0.25, 0.3) is 0 Å². The Morgan fingerprint density at radius 3 is 1.79 bits per heavy atom. The minimum Gasteiger partial charge on any atom is -0.367 e. The molecule has 39 heavy (non-hydrogen) atoms. The molecule has 6 rings (SSSR count). The van der Waals surface area contributed by atoms with Crippen LogP contribution in [0.15, 0.2) is 103 Å². The van der Waals surface area contributed by atoms with Gasteiger partial charge in [0.15, 0.2) is 0 Å². The molecule has 0 saturated carbocycles. The van der Waals surface area contributed by atoms with E-state index in [-0.39, 0.29) is 0 Å². The number of rotatable bonds is 7. The highest BCUT2D eigenvalue weighted by Crippen LogP contribution is 2.42. The second kappa shape index (κ2) is 11.2. The van der Waals surface area contributed by atoms with Crippen molar-refractivity contribution < 1.29 is 0 Å².